The Balaban J connectivity index is 2.42. The van der Waals surface area contributed by atoms with Gasteiger partial charge in [0.15, 0.2) is 18.2 Å². The smallest absolute Gasteiger partial charge is 0.258 e. The number of halogens is 1. The minimum Gasteiger partial charge on any atom is -0.481 e. The molecule has 0 aromatic heterocycles. The van der Waals surface area contributed by atoms with Crippen LogP contribution in [0.15, 0.2) is 30.9 Å². The van der Waals surface area contributed by atoms with Crippen LogP contribution >= 0.6 is 0 Å². The monoisotopic (exact) mass is 296 g/mol. The number of benzene rings is 1. The Morgan fingerprint density at radius 1 is 1.48 bits per heavy atom. The third-order valence-corrected chi connectivity index (χ3v) is 2.61. The molecule has 0 aliphatic heterocycles. The Hall–Kier alpha value is -1.92. The Kier molecular flexibility index (Phi) is 8.08. The van der Waals surface area contributed by atoms with Crippen LogP contribution in [0.25, 0.3) is 0 Å². The zero-order chi connectivity index (χ0) is 15.5. The summed E-state index contributed by atoms with van der Waals surface area (Å²) >= 11 is 0. The fourth-order valence-corrected chi connectivity index (χ4v) is 1.56. The minimum atomic E-state index is -0.488. The van der Waals surface area contributed by atoms with Crippen LogP contribution < -0.4 is 15.4 Å². The highest BCUT2D eigenvalue weighted by atomic mass is 19.1. The van der Waals surface area contributed by atoms with E-state index < -0.39 is 5.82 Å². The van der Waals surface area contributed by atoms with Crippen molar-refractivity contribution in [1.29, 1.82) is 0 Å². The van der Waals surface area contributed by atoms with Gasteiger partial charge in [-0.05, 0) is 17.7 Å². The molecule has 1 rings (SSSR count). The van der Waals surface area contributed by atoms with Crippen LogP contribution in [0.4, 0.5) is 4.39 Å². The molecular weight excluding hydrogens is 275 g/mol. The van der Waals surface area contributed by atoms with Gasteiger partial charge in [-0.15, -0.1) is 6.58 Å². The van der Waals surface area contributed by atoms with E-state index in [2.05, 4.69) is 17.2 Å². The van der Waals surface area contributed by atoms with Gasteiger partial charge in [0.1, 0.15) is 0 Å². The quantitative estimate of drug-likeness (QED) is 0.504. The van der Waals surface area contributed by atoms with Crippen molar-refractivity contribution in [2.75, 3.05) is 33.4 Å². The van der Waals surface area contributed by atoms with E-state index in [-0.39, 0.29) is 18.3 Å². The lowest BCUT2D eigenvalue weighted by molar-refractivity contribution is -0.122. The van der Waals surface area contributed by atoms with Crippen molar-refractivity contribution in [2.45, 2.75) is 6.54 Å². The fraction of sp³-hybridized carbons (Fsp3) is 0.400. The molecule has 1 aromatic rings. The Bertz CT molecular complexity index is 466. The summed E-state index contributed by atoms with van der Waals surface area (Å²) in [5.41, 5.74) is 0.798. The minimum absolute atomic E-state index is 0.0596. The third kappa shape index (κ3) is 6.87. The Morgan fingerprint density at radius 2 is 2.29 bits per heavy atom. The SMILES string of the molecule is C=CCNC(=O)COc1ccc(CNCCOC)cc1F. The average Bonchev–Trinajstić information content (AvgIpc) is 2.48. The predicted octanol–water partition coefficient (Wildman–Crippen LogP) is 1.24. The van der Waals surface area contributed by atoms with Gasteiger partial charge in [-0.25, -0.2) is 4.39 Å². The largest absolute Gasteiger partial charge is 0.481 e. The lowest BCUT2D eigenvalue weighted by atomic mass is 10.2. The van der Waals surface area contributed by atoms with Crippen LogP contribution in [-0.2, 0) is 16.1 Å². The van der Waals surface area contributed by atoms with Gasteiger partial charge in [-0.3, -0.25) is 4.79 Å². The molecule has 0 bridgehead atoms. The molecule has 2 N–H and O–H groups in total. The maximum absolute atomic E-state index is 13.8. The van der Waals surface area contributed by atoms with Gasteiger partial charge in [-0.1, -0.05) is 12.1 Å². The molecule has 0 atom stereocenters. The van der Waals surface area contributed by atoms with Gasteiger partial charge in [0, 0.05) is 26.7 Å². The third-order valence-electron chi connectivity index (χ3n) is 2.61. The van der Waals surface area contributed by atoms with Crippen molar-refractivity contribution in [2.24, 2.45) is 0 Å². The molecule has 116 valence electrons. The average molecular weight is 296 g/mol. The van der Waals surface area contributed by atoms with Gasteiger partial charge < -0.3 is 20.1 Å². The Labute approximate surface area is 124 Å². The van der Waals surface area contributed by atoms with Crippen molar-refractivity contribution in [1.82, 2.24) is 10.6 Å². The molecule has 0 unspecified atom stereocenters. The first-order chi connectivity index (χ1) is 10.2. The molecule has 1 aromatic carbocycles. The highest BCUT2D eigenvalue weighted by Gasteiger charge is 2.07. The second-order valence-corrected chi connectivity index (χ2v) is 4.32. The van der Waals surface area contributed by atoms with E-state index in [1.54, 1.807) is 19.3 Å². The van der Waals surface area contributed by atoms with Gasteiger partial charge in [0.05, 0.1) is 6.61 Å². The number of carbonyl (C=O) groups is 1. The van der Waals surface area contributed by atoms with Gasteiger partial charge >= 0.3 is 0 Å². The van der Waals surface area contributed by atoms with E-state index in [1.807, 2.05) is 0 Å². The molecule has 0 saturated heterocycles. The molecule has 1 amide bonds. The van der Waals surface area contributed by atoms with E-state index in [9.17, 15) is 9.18 Å². The second-order valence-electron chi connectivity index (χ2n) is 4.32. The van der Waals surface area contributed by atoms with Crippen molar-refractivity contribution in [3.05, 3.63) is 42.2 Å². The van der Waals surface area contributed by atoms with Crippen molar-refractivity contribution in [3.8, 4) is 5.75 Å². The molecule has 0 radical (unpaired) electrons. The van der Waals surface area contributed by atoms with Crippen molar-refractivity contribution >= 4 is 5.91 Å². The molecule has 0 saturated carbocycles. The zero-order valence-electron chi connectivity index (χ0n) is 12.2. The first-order valence-electron chi connectivity index (χ1n) is 6.66. The van der Waals surface area contributed by atoms with Gasteiger partial charge in [0.2, 0.25) is 0 Å². The maximum Gasteiger partial charge on any atom is 0.258 e. The number of hydrogen-bond donors (Lipinski definition) is 2. The number of methoxy groups -OCH3 is 1. The summed E-state index contributed by atoms with van der Waals surface area (Å²) in [5.74, 6) is -0.749. The van der Waals surface area contributed by atoms with E-state index in [4.69, 9.17) is 9.47 Å². The van der Waals surface area contributed by atoms with E-state index >= 15 is 0 Å². The van der Waals surface area contributed by atoms with E-state index in [0.717, 1.165) is 5.56 Å². The van der Waals surface area contributed by atoms with Gasteiger partial charge in [0.25, 0.3) is 5.91 Å². The number of carbonyl (C=O) groups excluding carboxylic acids is 1. The highest BCUT2D eigenvalue weighted by molar-refractivity contribution is 5.77. The molecule has 0 spiro atoms. The first kappa shape index (κ1) is 17.1. The molecular formula is C15H21FN2O3. The Morgan fingerprint density at radius 3 is 2.95 bits per heavy atom. The van der Waals surface area contributed by atoms with Crippen molar-refractivity contribution in [3.63, 3.8) is 0 Å². The van der Waals surface area contributed by atoms with Gasteiger partial charge in [-0.2, -0.15) is 0 Å². The predicted molar refractivity (Wildman–Crippen MR) is 78.7 cm³/mol. The topological polar surface area (TPSA) is 59.6 Å². The molecule has 0 aliphatic carbocycles. The lowest BCUT2D eigenvalue weighted by Gasteiger charge is -2.09. The van der Waals surface area contributed by atoms with Crippen LogP contribution in [-0.4, -0.2) is 39.3 Å². The summed E-state index contributed by atoms with van der Waals surface area (Å²) in [6.07, 6.45) is 1.56. The lowest BCUT2D eigenvalue weighted by Crippen LogP contribution is -2.28. The molecule has 0 heterocycles. The number of amides is 1. The zero-order valence-corrected chi connectivity index (χ0v) is 12.2. The van der Waals surface area contributed by atoms with Crippen LogP contribution in [0.2, 0.25) is 0 Å². The molecule has 21 heavy (non-hydrogen) atoms. The van der Waals surface area contributed by atoms with Crippen LogP contribution in [0.3, 0.4) is 0 Å². The molecule has 5 nitrogen and oxygen atoms in total. The second kappa shape index (κ2) is 9.90. The number of rotatable bonds is 10. The maximum atomic E-state index is 13.8. The summed E-state index contributed by atoms with van der Waals surface area (Å²) in [7, 11) is 1.62. The van der Waals surface area contributed by atoms with Crippen LogP contribution in [0, 0.1) is 5.82 Å². The molecule has 6 heteroatoms. The highest BCUT2D eigenvalue weighted by Crippen LogP contribution is 2.18. The summed E-state index contributed by atoms with van der Waals surface area (Å²) in [5, 5.41) is 5.66. The fourth-order valence-electron chi connectivity index (χ4n) is 1.56. The van der Waals surface area contributed by atoms with E-state index in [0.29, 0.717) is 26.2 Å². The summed E-state index contributed by atoms with van der Waals surface area (Å²) in [6, 6.07) is 4.65. The van der Waals surface area contributed by atoms with Crippen molar-refractivity contribution < 1.29 is 18.7 Å². The van der Waals surface area contributed by atoms with Crippen LogP contribution in [0.5, 0.6) is 5.75 Å². The summed E-state index contributed by atoms with van der Waals surface area (Å²) in [4.78, 5) is 11.3. The van der Waals surface area contributed by atoms with E-state index in [1.165, 1.54) is 12.1 Å². The summed E-state index contributed by atoms with van der Waals surface area (Å²) < 4.78 is 23.8. The summed E-state index contributed by atoms with van der Waals surface area (Å²) in [6.45, 7) is 5.45. The first-order valence-corrected chi connectivity index (χ1v) is 6.66. The standard InChI is InChI=1S/C15H21FN2O3/c1-3-6-18-15(19)11-21-14-5-4-12(9-13(14)16)10-17-7-8-20-2/h3-5,9,17H,1,6-8,10-11H2,2H3,(H,18,19). The molecule has 0 fully saturated rings. The number of hydrogen-bond acceptors (Lipinski definition) is 4. The number of ether oxygens (including phenoxy) is 2. The van der Waals surface area contributed by atoms with Crippen LogP contribution in [0.1, 0.15) is 5.56 Å². The number of nitrogens with one attached hydrogen (secondary N) is 2. The molecule has 0 aliphatic rings. The normalized spacial score (nSPS) is 10.2.